The van der Waals surface area contributed by atoms with Crippen molar-refractivity contribution in [2.24, 2.45) is 4.99 Å². The molecule has 1 heterocycles. The van der Waals surface area contributed by atoms with Crippen molar-refractivity contribution < 1.29 is 27.8 Å². The van der Waals surface area contributed by atoms with Gasteiger partial charge in [0.05, 0.1) is 12.8 Å². The van der Waals surface area contributed by atoms with Gasteiger partial charge in [0.15, 0.2) is 5.17 Å². The van der Waals surface area contributed by atoms with Gasteiger partial charge in [-0.25, -0.2) is 4.99 Å². The Morgan fingerprint density at radius 3 is 2.30 bits per heavy atom. The number of alkyl halides is 2. The zero-order chi connectivity index (χ0) is 24.1. The maximum Gasteiger partial charge on any atom is 0.387 e. The fourth-order valence-electron chi connectivity index (χ4n) is 2.98. The molecular formula is C23H23F2N3O4S. The van der Waals surface area contributed by atoms with Crippen LogP contribution in [0.3, 0.4) is 0 Å². The highest BCUT2D eigenvalue weighted by Crippen LogP contribution is 2.32. The van der Waals surface area contributed by atoms with E-state index < -0.39 is 23.7 Å². The Morgan fingerprint density at radius 1 is 1.12 bits per heavy atom. The number of halogens is 2. The molecule has 0 bridgehead atoms. The Bertz CT molecular complexity index is 1070. The smallest absolute Gasteiger partial charge is 0.387 e. The molecule has 0 saturated carbocycles. The molecule has 0 radical (unpaired) electrons. The van der Waals surface area contributed by atoms with Gasteiger partial charge in [0.25, 0.3) is 5.91 Å². The van der Waals surface area contributed by atoms with Crippen molar-refractivity contribution in [2.75, 3.05) is 31.0 Å². The van der Waals surface area contributed by atoms with Gasteiger partial charge in [-0.15, -0.1) is 0 Å². The number of ether oxygens (including phenoxy) is 2. The Morgan fingerprint density at radius 2 is 1.76 bits per heavy atom. The molecule has 0 N–H and O–H groups in total. The Labute approximate surface area is 194 Å². The third-order valence-electron chi connectivity index (χ3n) is 4.68. The van der Waals surface area contributed by atoms with Crippen molar-refractivity contribution >= 4 is 46.3 Å². The summed E-state index contributed by atoms with van der Waals surface area (Å²) in [6.45, 7) is -1.31. The quantitative estimate of drug-likeness (QED) is 0.437. The average molecular weight is 476 g/mol. The number of hydrogen-bond donors (Lipinski definition) is 0. The van der Waals surface area contributed by atoms with Crippen molar-refractivity contribution in [3.8, 4) is 5.75 Å². The molecule has 1 aliphatic rings. The van der Waals surface area contributed by atoms with Gasteiger partial charge in [-0.1, -0.05) is 23.9 Å². The van der Waals surface area contributed by atoms with E-state index in [0.717, 1.165) is 23.0 Å². The lowest BCUT2D eigenvalue weighted by atomic mass is 10.1. The number of esters is 1. The van der Waals surface area contributed by atoms with E-state index in [1.54, 1.807) is 13.0 Å². The van der Waals surface area contributed by atoms with E-state index in [-0.39, 0.29) is 16.6 Å². The van der Waals surface area contributed by atoms with E-state index in [4.69, 9.17) is 4.74 Å². The summed E-state index contributed by atoms with van der Waals surface area (Å²) in [5.41, 5.74) is 2.37. The van der Waals surface area contributed by atoms with Gasteiger partial charge in [-0.3, -0.25) is 14.5 Å². The molecule has 2 aromatic carbocycles. The first-order valence-electron chi connectivity index (χ1n) is 9.91. The lowest BCUT2D eigenvalue weighted by molar-refractivity contribution is -0.139. The monoisotopic (exact) mass is 475 g/mol. The number of amidine groups is 1. The molecule has 1 unspecified atom stereocenters. The first kappa shape index (κ1) is 24.2. The van der Waals surface area contributed by atoms with Crippen molar-refractivity contribution in [2.45, 2.75) is 18.8 Å². The molecule has 1 atom stereocenters. The van der Waals surface area contributed by atoms with Crippen LogP contribution in [0.5, 0.6) is 5.75 Å². The van der Waals surface area contributed by atoms with Crippen LogP contribution < -0.4 is 14.5 Å². The molecular weight excluding hydrogens is 452 g/mol. The average Bonchev–Trinajstić information content (AvgIpc) is 3.08. The first-order chi connectivity index (χ1) is 15.7. The number of rotatable bonds is 7. The third-order valence-corrected chi connectivity index (χ3v) is 5.71. The summed E-state index contributed by atoms with van der Waals surface area (Å²) < 4.78 is 34.1. The number of hydrogen-bond acceptors (Lipinski definition) is 7. The molecule has 0 aliphatic carbocycles. The Kier molecular flexibility index (Phi) is 7.70. The van der Waals surface area contributed by atoms with Crippen molar-refractivity contribution in [3.05, 3.63) is 59.8 Å². The maximum atomic E-state index is 13.2. The summed E-state index contributed by atoms with van der Waals surface area (Å²) in [6, 6.07) is 13.2. The van der Waals surface area contributed by atoms with Gasteiger partial charge in [0.1, 0.15) is 16.7 Å². The zero-order valence-corrected chi connectivity index (χ0v) is 19.3. The van der Waals surface area contributed by atoms with E-state index in [2.05, 4.69) is 9.73 Å². The van der Waals surface area contributed by atoms with Gasteiger partial charge in [0, 0.05) is 19.8 Å². The highest BCUT2D eigenvalue weighted by atomic mass is 32.2. The largest absolute Gasteiger partial charge is 0.468 e. The second-order valence-corrected chi connectivity index (χ2v) is 8.51. The van der Waals surface area contributed by atoms with E-state index in [1.165, 1.54) is 36.3 Å². The van der Waals surface area contributed by atoms with Crippen molar-refractivity contribution in [1.82, 2.24) is 0 Å². The SMILES string of the molecule is COC(=O)C(C)SC1=N/C(=C\c2ccc(N(C)C)cc2)C(=O)N1c1ccc(OC(F)F)cc1. The molecule has 0 saturated heterocycles. The standard InChI is InChI=1S/C23H23F2N3O4S/c1-14(21(30)31-4)33-23-26-19(13-15-5-7-16(8-6-15)27(2)3)20(29)28(23)17-9-11-18(12-10-17)32-22(24)25/h5-14,22H,1-4H3/b19-13-. The van der Waals surface area contributed by atoms with Crippen LogP contribution in [0, 0.1) is 0 Å². The highest BCUT2D eigenvalue weighted by Gasteiger charge is 2.34. The minimum atomic E-state index is -2.95. The minimum Gasteiger partial charge on any atom is -0.468 e. The predicted octanol–water partition coefficient (Wildman–Crippen LogP) is 4.39. The third kappa shape index (κ3) is 5.89. The van der Waals surface area contributed by atoms with Gasteiger partial charge >= 0.3 is 12.6 Å². The molecule has 1 amide bonds. The zero-order valence-electron chi connectivity index (χ0n) is 18.5. The van der Waals surface area contributed by atoms with Crippen LogP contribution in [0.4, 0.5) is 20.2 Å². The second kappa shape index (κ2) is 10.5. The number of amides is 1. The molecule has 10 heteroatoms. The summed E-state index contributed by atoms with van der Waals surface area (Å²) in [7, 11) is 5.14. The van der Waals surface area contributed by atoms with Gasteiger partial charge in [-0.05, 0) is 55.0 Å². The molecule has 2 aromatic rings. The van der Waals surface area contributed by atoms with E-state index >= 15 is 0 Å². The molecule has 3 rings (SSSR count). The van der Waals surface area contributed by atoms with Crippen LogP contribution in [0.15, 0.2) is 59.2 Å². The van der Waals surface area contributed by atoms with Gasteiger partial charge in [-0.2, -0.15) is 8.78 Å². The number of carbonyl (C=O) groups excluding carboxylic acids is 2. The first-order valence-corrected chi connectivity index (χ1v) is 10.8. The molecule has 0 spiro atoms. The summed E-state index contributed by atoms with van der Waals surface area (Å²) in [6.07, 6.45) is 1.65. The lowest BCUT2D eigenvalue weighted by Gasteiger charge is -2.19. The molecule has 0 aromatic heterocycles. The van der Waals surface area contributed by atoms with Crippen molar-refractivity contribution in [1.29, 1.82) is 0 Å². The van der Waals surface area contributed by atoms with Gasteiger partial charge < -0.3 is 14.4 Å². The number of nitrogens with zero attached hydrogens (tertiary/aromatic N) is 3. The predicted molar refractivity (Wildman–Crippen MR) is 126 cm³/mol. The number of aliphatic imine (C=N–C) groups is 1. The molecule has 7 nitrogen and oxygen atoms in total. The normalized spacial score (nSPS) is 15.6. The second-order valence-electron chi connectivity index (χ2n) is 7.21. The summed E-state index contributed by atoms with van der Waals surface area (Å²) in [4.78, 5) is 32.9. The Balaban J connectivity index is 1.94. The molecule has 0 fully saturated rings. The molecule has 174 valence electrons. The summed E-state index contributed by atoms with van der Waals surface area (Å²) in [5, 5.41) is -0.346. The maximum absolute atomic E-state index is 13.2. The Hall–Kier alpha value is -3.40. The number of thioether (sulfide) groups is 1. The fourth-order valence-corrected chi connectivity index (χ4v) is 3.93. The van der Waals surface area contributed by atoms with Crippen LogP contribution in [0.1, 0.15) is 12.5 Å². The number of benzene rings is 2. The van der Waals surface area contributed by atoms with Crippen LogP contribution in [-0.2, 0) is 14.3 Å². The van der Waals surface area contributed by atoms with Crippen LogP contribution in [-0.4, -0.2) is 50.1 Å². The van der Waals surface area contributed by atoms with Gasteiger partial charge in [0.2, 0.25) is 0 Å². The van der Waals surface area contributed by atoms with Crippen LogP contribution in [0.25, 0.3) is 6.08 Å². The number of methoxy groups -OCH3 is 1. The molecule has 1 aliphatic heterocycles. The lowest BCUT2D eigenvalue weighted by Crippen LogP contribution is -2.32. The summed E-state index contributed by atoms with van der Waals surface area (Å²) >= 11 is 1.06. The van der Waals surface area contributed by atoms with Crippen LogP contribution in [0.2, 0.25) is 0 Å². The number of carbonyl (C=O) groups is 2. The minimum absolute atomic E-state index is 0.0359. The highest BCUT2D eigenvalue weighted by molar-refractivity contribution is 8.15. The van der Waals surface area contributed by atoms with E-state index in [9.17, 15) is 18.4 Å². The summed E-state index contributed by atoms with van der Waals surface area (Å²) in [5.74, 6) is -0.910. The fraction of sp³-hybridized carbons (Fsp3) is 0.261. The topological polar surface area (TPSA) is 71.4 Å². The van der Waals surface area contributed by atoms with Crippen LogP contribution >= 0.6 is 11.8 Å². The molecule has 33 heavy (non-hydrogen) atoms. The van der Waals surface area contributed by atoms with E-state index in [0.29, 0.717) is 5.69 Å². The number of anilines is 2. The van der Waals surface area contributed by atoms with Crippen molar-refractivity contribution in [3.63, 3.8) is 0 Å². The van der Waals surface area contributed by atoms with E-state index in [1.807, 2.05) is 43.3 Å².